The maximum atomic E-state index is 6.54. The first-order chi connectivity index (χ1) is 9.78. The van der Waals surface area contributed by atoms with Crippen molar-refractivity contribution in [3.05, 3.63) is 28.8 Å². The summed E-state index contributed by atoms with van der Waals surface area (Å²) in [5, 5.41) is 4.46. The average Bonchev–Trinajstić information content (AvgIpc) is 3.13. The maximum Gasteiger partial charge on any atom is 0.0642 e. The molecule has 2 saturated carbocycles. The van der Waals surface area contributed by atoms with Gasteiger partial charge < -0.3 is 10.2 Å². The molecule has 110 valence electrons. The molecule has 0 aliphatic heterocycles. The number of hydrogen-bond acceptors (Lipinski definition) is 2. The molecule has 2 nitrogen and oxygen atoms in total. The molecule has 0 saturated heterocycles. The van der Waals surface area contributed by atoms with Crippen LogP contribution in [0.2, 0.25) is 5.02 Å². The number of anilines is 1. The maximum absolute atomic E-state index is 6.54. The molecule has 1 aromatic rings. The molecule has 0 unspecified atom stereocenters. The van der Waals surface area contributed by atoms with E-state index >= 15 is 0 Å². The van der Waals surface area contributed by atoms with Gasteiger partial charge in [-0.25, -0.2) is 0 Å². The fourth-order valence-corrected chi connectivity index (χ4v) is 3.60. The minimum atomic E-state index is 0.688. The van der Waals surface area contributed by atoms with Crippen LogP contribution in [-0.4, -0.2) is 18.6 Å². The summed E-state index contributed by atoms with van der Waals surface area (Å²) in [5.41, 5.74) is 2.52. The van der Waals surface area contributed by atoms with Crippen molar-refractivity contribution < 1.29 is 0 Å². The van der Waals surface area contributed by atoms with Crippen molar-refractivity contribution in [2.24, 2.45) is 0 Å². The minimum Gasteiger partial charge on any atom is -0.368 e. The van der Waals surface area contributed by atoms with E-state index in [4.69, 9.17) is 11.6 Å². The lowest BCUT2D eigenvalue weighted by Crippen LogP contribution is -2.33. The van der Waals surface area contributed by atoms with E-state index in [1.54, 1.807) is 0 Å². The summed E-state index contributed by atoms with van der Waals surface area (Å²) in [5.74, 6) is 0. The molecule has 0 atom stereocenters. The van der Waals surface area contributed by atoms with Crippen molar-refractivity contribution in [3.8, 4) is 0 Å². The van der Waals surface area contributed by atoms with Crippen molar-refractivity contribution in [2.45, 2.75) is 64.1 Å². The molecule has 0 amide bonds. The quantitative estimate of drug-likeness (QED) is 0.838. The molecule has 0 bridgehead atoms. The molecule has 0 aromatic heterocycles. The van der Waals surface area contributed by atoms with Crippen molar-refractivity contribution in [1.82, 2.24) is 5.32 Å². The van der Waals surface area contributed by atoms with Crippen molar-refractivity contribution in [1.29, 1.82) is 0 Å². The molecule has 0 heterocycles. The van der Waals surface area contributed by atoms with E-state index in [-0.39, 0.29) is 0 Å². The predicted octanol–water partition coefficient (Wildman–Crippen LogP) is 4.36. The summed E-state index contributed by atoms with van der Waals surface area (Å²) in [6, 6.07) is 8.03. The molecular weight excluding hydrogens is 268 g/mol. The van der Waals surface area contributed by atoms with Gasteiger partial charge in [-0.2, -0.15) is 0 Å². The number of halogens is 1. The standard InChI is InChI=1S/C17H25ClN2/c1-2-20(15-5-3-4-6-15)17-10-7-13(11-16(17)18)12-19-14-8-9-14/h7,10-11,14-15,19H,2-6,8-9,12H2,1H3. The summed E-state index contributed by atoms with van der Waals surface area (Å²) >= 11 is 6.54. The average molecular weight is 293 g/mol. The predicted molar refractivity (Wildman–Crippen MR) is 86.6 cm³/mol. The van der Waals surface area contributed by atoms with Gasteiger partial charge in [0.2, 0.25) is 0 Å². The highest BCUT2D eigenvalue weighted by atomic mass is 35.5. The van der Waals surface area contributed by atoms with Crippen LogP contribution in [0, 0.1) is 0 Å². The Bertz CT molecular complexity index is 450. The van der Waals surface area contributed by atoms with Crippen LogP contribution < -0.4 is 10.2 Å². The molecule has 0 radical (unpaired) electrons. The van der Waals surface area contributed by atoms with E-state index in [0.717, 1.165) is 24.2 Å². The Morgan fingerprint density at radius 1 is 1.20 bits per heavy atom. The van der Waals surface area contributed by atoms with Gasteiger partial charge in [-0.3, -0.25) is 0 Å². The van der Waals surface area contributed by atoms with E-state index in [9.17, 15) is 0 Å². The number of hydrogen-bond donors (Lipinski definition) is 1. The number of benzene rings is 1. The van der Waals surface area contributed by atoms with Crippen LogP contribution in [0.1, 0.15) is 51.0 Å². The Morgan fingerprint density at radius 2 is 1.95 bits per heavy atom. The summed E-state index contributed by atoms with van der Waals surface area (Å²) in [6.45, 7) is 4.22. The highest BCUT2D eigenvalue weighted by molar-refractivity contribution is 6.33. The highest BCUT2D eigenvalue weighted by Crippen LogP contribution is 2.33. The lowest BCUT2D eigenvalue weighted by Gasteiger charge is -2.31. The normalized spacial score (nSPS) is 19.5. The van der Waals surface area contributed by atoms with Crippen LogP contribution in [0.3, 0.4) is 0 Å². The fraction of sp³-hybridized carbons (Fsp3) is 0.647. The van der Waals surface area contributed by atoms with Gasteiger partial charge in [0.05, 0.1) is 10.7 Å². The van der Waals surface area contributed by atoms with Gasteiger partial charge in [-0.05, 0) is 50.3 Å². The van der Waals surface area contributed by atoms with Crippen LogP contribution in [0.5, 0.6) is 0 Å². The van der Waals surface area contributed by atoms with Gasteiger partial charge in [0.15, 0.2) is 0 Å². The number of rotatable bonds is 6. The van der Waals surface area contributed by atoms with Gasteiger partial charge in [0.25, 0.3) is 0 Å². The molecule has 3 heteroatoms. The second-order valence-corrected chi connectivity index (χ2v) is 6.57. The van der Waals surface area contributed by atoms with E-state index in [1.165, 1.54) is 49.8 Å². The van der Waals surface area contributed by atoms with Crippen LogP contribution in [0.15, 0.2) is 18.2 Å². The second-order valence-electron chi connectivity index (χ2n) is 6.17. The van der Waals surface area contributed by atoms with E-state index < -0.39 is 0 Å². The fourth-order valence-electron chi connectivity index (χ4n) is 3.28. The van der Waals surface area contributed by atoms with Gasteiger partial charge >= 0.3 is 0 Å². The largest absolute Gasteiger partial charge is 0.368 e. The van der Waals surface area contributed by atoms with E-state index in [0.29, 0.717) is 6.04 Å². The van der Waals surface area contributed by atoms with Crippen LogP contribution >= 0.6 is 11.6 Å². The first-order valence-electron chi connectivity index (χ1n) is 8.06. The van der Waals surface area contributed by atoms with Gasteiger partial charge in [0, 0.05) is 25.2 Å². The zero-order valence-corrected chi connectivity index (χ0v) is 13.1. The third kappa shape index (κ3) is 3.29. The molecule has 2 aliphatic carbocycles. The minimum absolute atomic E-state index is 0.688. The molecule has 1 aromatic carbocycles. The Hall–Kier alpha value is -0.730. The van der Waals surface area contributed by atoms with Crippen LogP contribution in [-0.2, 0) is 6.54 Å². The Balaban J connectivity index is 1.70. The smallest absolute Gasteiger partial charge is 0.0642 e. The zero-order chi connectivity index (χ0) is 13.9. The number of nitrogens with one attached hydrogen (secondary N) is 1. The monoisotopic (exact) mass is 292 g/mol. The lowest BCUT2D eigenvalue weighted by atomic mass is 10.1. The van der Waals surface area contributed by atoms with Gasteiger partial charge in [-0.1, -0.05) is 30.5 Å². The first-order valence-corrected chi connectivity index (χ1v) is 8.44. The highest BCUT2D eigenvalue weighted by Gasteiger charge is 2.23. The van der Waals surface area contributed by atoms with E-state index in [2.05, 4.69) is 35.3 Å². The van der Waals surface area contributed by atoms with Crippen molar-refractivity contribution >= 4 is 17.3 Å². The van der Waals surface area contributed by atoms with Crippen molar-refractivity contribution in [3.63, 3.8) is 0 Å². The molecular formula is C17H25ClN2. The SMILES string of the molecule is CCN(c1ccc(CNC2CC2)cc1Cl)C1CCCC1. The Labute approximate surface area is 127 Å². The Kier molecular flexibility index (Phi) is 4.52. The molecule has 0 spiro atoms. The lowest BCUT2D eigenvalue weighted by molar-refractivity contribution is 0.619. The molecule has 1 N–H and O–H groups in total. The molecule has 2 fully saturated rings. The molecule has 3 rings (SSSR count). The zero-order valence-electron chi connectivity index (χ0n) is 12.4. The summed E-state index contributed by atoms with van der Waals surface area (Å²) in [7, 11) is 0. The molecule has 2 aliphatic rings. The summed E-state index contributed by atoms with van der Waals surface area (Å²) < 4.78 is 0. The molecule has 20 heavy (non-hydrogen) atoms. The Morgan fingerprint density at radius 3 is 2.55 bits per heavy atom. The van der Waals surface area contributed by atoms with Crippen LogP contribution in [0.4, 0.5) is 5.69 Å². The third-order valence-electron chi connectivity index (χ3n) is 4.60. The first kappa shape index (κ1) is 14.2. The van der Waals surface area contributed by atoms with Gasteiger partial charge in [0.1, 0.15) is 0 Å². The third-order valence-corrected chi connectivity index (χ3v) is 4.90. The van der Waals surface area contributed by atoms with E-state index in [1.807, 2.05) is 0 Å². The topological polar surface area (TPSA) is 15.3 Å². The summed E-state index contributed by atoms with van der Waals surface area (Å²) in [6.07, 6.45) is 8.02. The number of nitrogens with zero attached hydrogens (tertiary/aromatic N) is 1. The van der Waals surface area contributed by atoms with Crippen molar-refractivity contribution in [2.75, 3.05) is 11.4 Å². The van der Waals surface area contributed by atoms with Gasteiger partial charge in [-0.15, -0.1) is 0 Å². The summed E-state index contributed by atoms with van der Waals surface area (Å²) in [4.78, 5) is 2.49. The second kappa shape index (κ2) is 6.36. The van der Waals surface area contributed by atoms with Crippen LogP contribution in [0.25, 0.3) is 0 Å².